The number of benzene rings is 1. The van der Waals surface area contributed by atoms with Gasteiger partial charge in [0.25, 0.3) is 0 Å². The Morgan fingerprint density at radius 2 is 2.00 bits per heavy atom. The van der Waals surface area contributed by atoms with Crippen LogP contribution in [0.15, 0.2) is 30.3 Å². The van der Waals surface area contributed by atoms with E-state index in [0.29, 0.717) is 5.56 Å². The predicted molar refractivity (Wildman–Crippen MR) is 51.5 cm³/mol. The summed E-state index contributed by atoms with van der Waals surface area (Å²) in [5.41, 5.74) is 6.19. The van der Waals surface area contributed by atoms with E-state index < -0.39 is 18.1 Å². The number of carbonyl (C=O) groups excluding carboxylic acids is 2. The molecule has 0 aliphatic carbocycles. The summed E-state index contributed by atoms with van der Waals surface area (Å²) in [7, 11) is 0. The van der Waals surface area contributed by atoms with Gasteiger partial charge in [-0.25, -0.2) is 4.79 Å². The van der Waals surface area contributed by atoms with Crippen LogP contribution in [0.5, 0.6) is 0 Å². The molecule has 0 spiro atoms. The van der Waals surface area contributed by atoms with Crippen molar-refractivity contribution in [1.29, 1.82) is 0 Å². The van der Waals surface area contributed by atoms with Gasteiger partial charge < -0.3 is 15.6 Å². The number of hydrogen-bond donors (Lipinski definition) is 2. The lowest BCUT2D eigenvalue weighted by Gasteiger charge is -2.16. The molecule has 1 rings (SSSR count). The molecule has 0 fully saturated rings. The fraction of sp³-hybridized carbons (Fsp3) is 0.200. The number of carbonyl (C=O) groups is 2. The van der Waals surface area contributed by atoms with Crippen LogP contribution < -0.4 is 5.73 Å². The van der Waals surface area contributed by atoms with E-state index in [1.165, 1.54) is 0 Å². The van der Waals surface area contributed by atoms with Crippen molar-refractivity contribution in [1.82, 2.24) is 0 Å². The summed E-state index contributed by atoms with van der Waals surface area (Å²) in [6.45, 7) is -0.0384. The van der Waals surface area contributed by atoms with E-state index in [9.17, 15) is 14.7 Å². The maximum Gasteiger partial charge on any atom is 0.344 e. The number of hydrogen-bond acceptors (Lipinski definition) is 5. The third-order valence-electron chi connectivity index (χ3n) is 1.93. The van der Waals surface area contributed by atoms with Gasteiger partial charge in [0, 0.05) is 0 Å². The number of ether oxygens (including phenoxy) is 1. The van der Waals surface area contributed by atoms with Crippen LogP contribution in [0.2, 0.25) is 0 Å². The maximum atomic E-state index is 11.0. The van der Waals surface area contributed by atoms with Gasteiger partial charge in [-0.3, -0.25) is 4.79 Å². The van der Waals surface area contributed by atoms with E-state index in [2.05, 4.69) is 4.74 Å². The van der Waals surface area contributed by atoms with Gasteiger partial charge in [-0.15, -0.1) is 0 Å². The van der Waals surface area contributed by atoms with Gasteiger partial charge in [0.1, 0.15) is 0 Å². The Hall–Kier alpha value is -1.72. The Balaban J connectivity index is 2.72. The number of aliphatic hydroxyl groups is 1. The zero-order valence-electron chi connectivity index (χ0n) is 7.87. The molecule has 0 aromatic heterocycles. The van der Waals surface area contributed by atoms with Crippen molar-refractivity contribution < 1.29 is 19.4 Å². The fourth-order valence-corrected chi connectivity index (χ4v) is 1.12. The average molecular weight is 209 g/mol. The largest absolute Gasteiger partial charge is 0.393 e. The molecule has 1 aromatic carbocycles. The first-order valence-electron chi connectivity index (χ1n) is 4.29. The highest BCUT2D eigenvalue weighted by Gasteiger charge is 2.25. The standard InChI is InChI=1S/C10H11NO4/c11-8(7-4-2-1-3-5-7)9(13)10(14)15-6-12/h1-6,8-9,13H,11H2. The first kappa shape index (κ1) is 11.4. The molecule has 0 amide bonds. The second-order valence-corrected chi connectivity index (χ2v) is 2.91. The Labute approximate surface area is 86.5 Å². The third-order valence-corrected chi connectivity index (χ3v) is 1.93. The van der Waals surface area contributed by atoms with Crippen LogP contribution in [-0.4, -0.2) is 23.7 Å². The highest BCUT2D eigenvalue weighted by molar-refractivity contribution is 5.81. The van der Waals surface area contributed by atoms with Crippen molar-refractivity contribution >= 4 is 12.4 Å². The Kier molecular flexibility index (Phi) is 3.96. The molecule has 5 heteroatoms. The molecule has 15 heavy (non-hydrogen) atoms. The Bertz CT molecular complexity index is 339. The van der Waals surface area contributed by atoms with Crippen molar-refractivity contribution in [3.8, 4) is 0 Å². The molecule has 0 radical (unpaired) electrons. The summed E-state index contributed by atoms with van der Waals surface area (Å²) >= 11 is 0. The molecule has 0 bridgehead atoms. The van der Waals surface area contributed by atoms with Crippen molar-refractivity contribution in [2.75, 3.05) is 0 Å². The molecule has 3 N–H and O–H groups in total. The van der Waals surface area contributed by atoms with Gasteiger partial charge >= 0.3 is 12.4 Å². The quantitative estimate of drug-likeness (QED) is 0.405. The molecule has 5 nitrogen and oxygen atoms in total. The van der Waals surface area contributed by atoms with Crippen molar-refractivity contribution in [3.63, 3.8) is 0 Å². The Morgan fingerprint density at radius 3 is 2.53 bits per heavy atom. The minimum atomic E-state index is -1.54. The number of nitrogens with two attached hydrogens (primary N) is 1. The minimum absolute atomic E-state index is 0.0384. The van der Waals surface area contributed by atoms with Crippen LogP contribution >= 0.6 is 0 Å². The maximum absolute atomic E-state index is 11.0. The molecule has 1 aromatic rings. The lowest BCUT2D eigenvalue weighted by molar-refractivity contribution is -0.159. The van der Waals surface area contributed by atoms with Crippen LogP contribution in [0.3, 0.4) is 0 Å². The molecule has 0 saturated heterocycles. The molecule has 2 atom stereocenters. The molecule has 0 heterocycles. The average Bonchev–Trinajstić information content (AvgIpc) is 2.28. The van der Waals surface area contributed by atoms with Crippen molar-refractivity contribution in [2.24, 2.45) is 5.73 Å². The fourth-order valence-electron chi connectivity index (χ4n) is 1.12. The summed E-state index contributed by atoms with van der Waals surface area (Å²) in [5.74, 6) is -1.05. The van der Waals surface area contributed by atoms with Crippen molar-refractivity contribution in [2.45, 2.75) is 12.1 Å². The zero-order valence-corrected chi connectivity index (χ0v) is 7.87. The van der Waals surface area contributed by atoms with E-state index in [-0.39, 0.29) is 6.47 Å². The van der Waals surface area contributed by atoms with Crippen LogP contribution in [0.4, 0.5) is 0 Å². The summed E-state index contributed by atoms with van der Waals surface area (Å²) in [6.07, 6.45) is -1.54. The van der Waals surface area contributed by atoms with Gasteiger partial charge in [-0.1, -0.05) is 30.3 Å². The van der Waals surface area contributed by atoms with Crippen LogP contribution in [0, 0.1) is 0 Å². The zero-order chi connectivity index (χ0) is 11.3. The third kappa shape index (κ3) is 2.87. The molecule has 2 unspecified atom stereocenters. The van der Waals surface area contributed by atoms with Gasteiger partial charge in [0.05, 0.1) is 6.04 Å². The lowest BCUT2D eigenvalue weighted by atomic mass is 10.0. The van der Waals surface area contributed by atoms with Crippen LogP contribution in [-0.2, 0) is 14.3 Å². The van der Waals surface area contributed by atoms with E-state index in [0.717, 1.165) is 0 Å². The smallest absolute Gasteiger partial charge is 0.344 e. The summed E-state index contributed by atoms with van der Waals surface area (Å²) in [6, 6.07) is 7.68. The van der Waals surface area contributed by atoms with Gasteiger partial charge in [-0.2, -0.15) is 0 Å². The monoisotopic (exact) mass is 209 g/mol. The van der Waals surface area contributed by atoms with E-state index in [4.69, 9.17) is 5.73 Å². The first-order valence-corrected chi connectivity index (χ1v) is 4.29. The molecule has 0 aliphatic heterocycles. The summed E-state index contributed by atoms with van der Waals surface area (Å²) in [5, 5.41) is 9.41. The van der Waals surface area contributed by atoms with E-state index in [1.807, 2.05) is 0 Å². The second kappa shape index (κ2) is 5.23. The first-order chi connectivity index (χ1) is 7.16. The Morgan fingerprint density at radius 1 is 1.40 bits per heavy atom. The molecular formula is C10H11NO4. The molecule has 80 valence electrons. The second-order valence-electron chi connectivity index (χ2n) is 2.91. The minimum Gasteiger partial charge on any atom is -0.393 e. The SMILES string of the molecule is NC(c1ccccc1)C(O)C(=O)OC=O. The van der Waals surface area contributed by atoms with E-state index in [1.54, 1.807) is 30.3 Å². The summed E-state index contributed by atoms with van der Waals surface area (Å²) < 4.78 is 4.00. The normalized spacial score (nSPS) is 14.0. The van der Waals surface area contributed by atoms with Gasteiger partial charge in [0.15, 0.2) is 6.10 Å². The van der Waals surface area contributed by atoms with Crippen LogP contribution in [0.1, 0.15) is 11.6 Å². The van der Waals surface area contributed by atoms with Crippen molar-refractivity contribution in [3.05, 3.63) is 35.9 Å². The molecular weight excluding hydrogens is 198 g/mol. The topological polar surface area (TPSA) is 89.6 Å². The lowest BCUT2D eigenvalue weighted by Crippen LogP contribution is -2.34. The predicted octanol–water partition coefficient (Wildman–Crippen LogP) is -0.253. The van der Waals surface area contributed by atoms with E-state index >= 15 is 0 Å². The van der Waals surface area contributed by atoms with Crippen LogP contribution in [0.25, 0.3) is 0 Å². The number of esters is 1. The van der Waals surface area contributed by atoms with Gasteiger partial charge in [0.2, 0.25) is 0 Å². The van der Waals surface area contributed by atoms with Gasteiger partial charge in [-0.05, 0) is 5.56 Å². The highest BCUT2D eigenvalue weighted by Crippen LogP contribution is 2.14. The summed E-state index contributed by atoms with van der Waals surface area (Å²) in [4.78, 5) is 20.9. The highest BCUT2D eigenvalue weighted by atomic mass is 16.6. The molecule has 0 saturated carbocycles. The molecule has 0 aliphatic rings. The number of aliphatic hydroxyl groups excluding tert-OH is 1. The number of rotatable bonds is 4.